The van der Waals surface area contributed by atoms with Gasteiger partial charge in [0.1, 0.15) is 6.54 Å². The van der Waals surface area contributed by atoms with Crippen LogP contribution in [-0.4, -0.2) is 59.4 Å². The summed E-state index contributed by atoms with van der Waals surface area (Å²) >= 11 is 0. The molecule has 0 aliphatic carbocycles. The minimum Gasteiger partial charge on any atom is -0.550 e. The number of aliphatic hydroxyl groups excluding tert-OH is 1. The van der Waals surface area contributed by atoms with Crippen molar-refractivity contribution in [1.82, 2.24) is 0 Å². The van der Waals surface area contributed by atoms with Gasteiger partial charge in [0.25, 0.3) is 0 Å². The van der Waals surface area contributed by atoms with Crippen LogP contribution in [0.2, 0.25) is 0 Å². The SMILES string of the molecule is CCCC/C=C/CC[N+](CCO)(CCC(=O)[O-])CCC(=O)O.[Li+]. The average Bonchev–Trinajstić information content (AvgIpc) is 2.46. The maximum atomic E-state index is 10.8. The normalized spacial score (nSPS) is 13.5. The molecule has 0 saturated carbocycles. The standard InChI is InChI=1S/C16H29NO5.Li/c1-2-3-4-5-6-7-10-17(13-14-18,11-8-15(19)20)12-9-16(21)22;/h5-6,18H,2-4,7-14H2,1H3,(H-,19,20,21,22);/q;+1/b6-5+;. The van der Waals surface area contributed by atoms with E-state index in [1.807, 2.05) is 0 Å². The van der Waals surface area contributed by atoms with Crippen LogP contribution in [-0.2, 0) is 9.59 Å². The van der Waals surface area contributed by atoms with Gasteiger partial charge in [0.15, 0.2) is 0 Å². The van der Waals surface area contributed by atoms with Crippen molar-refractivity contribution in [1.29, 1.82) is 0 Å². The van der Waals surface area contributed by atoms with Gasteiger partial charge in [-0.25, -0.2) is 0 Å². The fourth-order valence-electron chi connectivity index (χ4n) is 2.45. The first-order valence-electron chi connectivity index (χ1n) is 7.98. The molecule has 23 heavy (non-hydrogen) atoms. The van der Waals surface area contributed by atoms with Gasteiger partial charge < -0.3 is 24.6 Å². The van der Waals surface area contributed by atoms with Crippen LogP contribution < -0.4 is 24.0 Å². The molecule has 0 aliphatic rings. The average molecular weight is 322 g/mol. The molecule has 0 radical (unpaired) electrons. The number of unbranched alkanes of at least 4 members (excludes halogenated alkanes) is 2. The second kappa shape index (κ2) is 14.8. The number of carbonyl (C=O) groups excluding carboxylic acids is 1. The third-order valence-corrected chi connectivity index (χ3v) is 3.83. The number of carboxylic acids is 2. The van der Waals surface area contributed by atoms with Crippen molar-refractivity contribution in [2.75, 3.05) is 32.8 Å². The molecule has 0 saturated heterocycles. The van der Waals surface area contributed by atoms with Crippen molar-refractivity contribution < 1.29 is 48.3 Å². The summed E-state index contributed by atoms with van der Waals surface area (Å²) in [5, 5.41) is 28.9. The van der Waals surface area contributed by atoms with Crippen LogP contribution in [0.4, 0.5) is 0 Å². The van der Waals surface area contributed by atoms with Gasteiger partial charge in [0.05, 0.1) is 32.7 Å². The van der Waals surface area contributed by atoms with Crippen LogP contribution in [0.5, 0.6) is 0 Å². The molecule has 0 bridgehead atoms. The number of carbonyl (C=O) groups is 2. The topological polar surface area (TPSA) is 97.7 Å². The predicted molar refractivity (Wildman–Crippen MR) is 82.0 cm³/mol. The zero-order valence-electron chi connectivity index (χ0n) is 14.5. The van der Waals surface area contributed by atoms with E-state index in [1.54, 1.807) is 0 Å². The van der Waals surface area contributed by atoms with Crippen molar-refractivity contribution >= 4 is 11.9 Å². The van der Waals surface area contributed by atoms with Gasteiger partial charge in [0.2, 0.25) is 0 Å². The third-order valence-electron chi connectivity index (χ3n) is 3.83. The number of aliphatic hydroxyl groups is 1. The van der Waals surface area contributed by atoms with Crippen molar-refractivity contribution in [2.24, 2.45) is 0 Å². The zero-order chi connectivity index (χ0) is 16.8. The summed E-state index contributed by atoms with van der Waals surface area (Å²) in [6, 6.07) is 0. The third kappa shape index (κ3) is 13.3. The van der Waals surface area contributed by atoms with E-state index in [-0.39, 0.29) is 38.3 Å². The maximum Gasteiger partial charge on any atom is 1.00 e. The number of rotatable bonds is 14. The molecule has 0 spiro atoms. The van der Waals surface area contributed by atoms with Gasteiger partial charge in [-0.1, -0.05) is 31.9 Å². The molecule has 128 valence electrons. The molecule has 0 heterocycles. The number of allylic oxidation sites excluding steroid dienone is 1. The fraction of sp³-hybridized carbons (Fsp3) is 0.750. The van der Waals surface area contributed by atoms with E-state index in [4.69, 9.17) is 5.11 Å². The summed E-state index contributed by atoms with van der Waals surface area (Å²) in [4.78, 5) is 21.5. The molecule has 2 N–H and O–H groups in total. The summed E-state index contributed by atoms with van der Waals surface area (Å²) in [6.45, 7) is 3.65. The Balaban J connectivity index is 0. The first-order chi connectivity index (χ1) is 10.5. The Morgan fingerprint density at radius 3 is 2.17 bits per heavy atom. The molecule has 0 aromatic carbocycles. The van der Waals surface area contributed by atoms with Crippen LogP contribution in [0.15, 0.2) is 12.2 Å². The Labute approximate surface area is 150 Å². The van der Waals surface area contributed by atoms with E-state index in [0.717, 1.165) is 25.7 Å². The Kier molecular flexibility index (Phi) is 15.7. The minimum absolute atomic E-state index is 0. The van der Waals surface area contributed by atoms with Crippen LogP contribution >= 0.6 is 0 Å². The smallest absolute Gasteiger partial charge is 0.550 e. The first-order valence-corrected chi connectivity index (χ1v) is 7.98. The molecule has 1 atom stereocenters. The molecule has 0 amide bonds. The largest absolute Gasteiger partial charge is 1.00 e. The molecule has 0 aromatic rings. The molecular weight excluding hydrogens is 293 g/mol. The first kappa shape index (κ1) is 24.4. The van der Waals surface area contributed by atoms with Crippen molar-refractivity contribution in [3.63, 3.8) is 0 Å². The van der Waals surface area contributed by atoms with Gasteiger partial charge in [-0.05, 0) is 6.42 Å². The number of aliphatic carboxylic acids is 2. The van der Waals surface area contributed by atoms with E-state index in [1.165, 1.54) is 0 Å². The minimum atomic E-state index is -1.14. The van der Waals surface area contributed by atoms with E-state index in [9.17, 15) is 19.8 Å². The second-order valence-electron chi connectivity index (χ2n) is 5.63. The van der Waals surface area contributed by atoms with E-state index in [0.29, 0.717) is 30.7 Å². The summed E-state index contributed by atoms with van der Waals surface area (Å²) < 4.78 is 0.300. The Morgan fingerprint density at radius 2 is 1.65 bits per heavy atom. The van der Waals surface area contributed by atoms with Crippen LogP contribution in [0, 0.1) is 0 Å². The van der Waals surface area contributed by atoms with Gasteiger partial charge in [-0.2, -0.15) is 0 Å². The Hall–Kier alpha value is -0.803. The van der Waals surface area contributed by atoms with E-state index in [2.05, 4.69) is 19.1 Å². The number of hydrogen-bond acceptors (Lipinski definition) is 4. The van der Waals surface area contributed by atoms with E-state index >= 15 is 0 Å². The summed E-state index contributed by atoms with van der Waals surface area (Å²) in [7, 11) is 0. The van der Waals surface area contributed by atoms with Crippen LogP contribution in [0.25, 0.3) is 0 Å². The van der Waals surface area contributed by atoms with Gasteiger partial charge >= 0.3 is 24.8 Å². The molecule has 6 nitrogen and oxygen atoms in total. The predicted octanol–water partition coefficient (Wildman–Crippen LogP) is -2.45. The van der Waals surface area contributed by atoms with Gasteiger partial charge in [-0.3, -0.25) is 4.79 Å². The quantitative estimate of drug-likeness (QED) is 0.160. The number of quaternary nitrogens is 1. The number of hydrogen-bond donors (Lipinski definition) is 2. The number of nitrogens with zero attached hydrogens (tertiary/aromatic N) is 1. The van der Waals surface area contributed by atoms with Crippen LogP contribution in [0.3, 0.4) is 0 Å². The summed E-state index contributed by atoms with van der Waals surface area (Å²) in [5.41, 5.74) is 0. The molecule has 0 fully saturated rings. The maximum absolute atomic E-state index is 10.8. The zero-order valence-corrected chi connectivity index (χ0v) is 14.5. The van der Waals surface area contributed by atoms with Crippen molar-refractivity contribution in [3.8, 4) is 0 Å². The fourth-order valence-corrected chi connectivity index (χ4v) is 2.45. The van der Waals surface area contributed by atoms with Crippen LogP contribution in [0.1, 0.15) is 45.4 Å². The van der Waals surface area contributed by atoms with Crippen molar-refractivity contribution in [3.05, 3.63) is 12.2 Å². The van der Waals surface area contributed by atoms with E-state index < -0.39 is 11.9 Å². The molecular formula is C16H29LiNO5+. The molecule has 0 aromatic heterocycles. The van der Waals surface area contributed by atoms with Crippen molar-refractivity contribution in [2.45, 2.75) is 45.4 Å². The second-order valence-corrected chi connectivity index (χ2v) is 5.63. The summed E-state index contributed by atoms with van der Waals surface area (Å²) in [5.74, 6) is -2.05. The molecule has 0 rings (SSSR count). The monoisotopic (exact) mass is 322 g/mol. The summed E-state index contributed by atoms with van der Waals surface area (Å²) in [6.07, 6.45) is 8.04. The molecule has 0 aliphatic heterocycles. The Morgan fingerprint density at radius 1 is 1.04 bits per heavy atom. The van der Waals surface area contributed by atoms with Gasteiger partial charge in [-0.15, -0.1) is 0 Å². The Bertz CT molecular complexity index is 342. The molecule has 1 unspecified atom stereocenters. The molecule has 7 heteroatoms. The van der Waals surface area contributed by atoms with Gasteiger partial charge in [0, 0.05) is 18.8 Å². The number of carboxylic acid groups (broad SMARTS) is 2.